The summed E-state index contributed by atoms with van der Waals surface area (Å²) in [5.74, 6) is 0. The molecule has 0 radical (unpaired) electrons. The molecule has 0 saturated carbocycles. The standard InChI is InChI=1S/C9H13N3O3S/c1-9(3-2-4-15-9)6-11-8-10-5-7(16-8)12(13)14/h5H,2-4,6H2,1H3,(H,10,11). The van der Waals surface area contributed by atoms with Crippen molar-refractivity contribution in [3.63, 3.8) is 0 Å². The molecule has 1 N–H and O–H groups in total. The van der Waals surface area contributed by atoms with E-state index in [0.29, 0.717) is 11.7 Å². The fourth-order valence-electron chi connectivity index (χ4n) is 1.67. The Morgan fingerprint density at radius 1 is 1.81 bits per heavy atom. The summed E-state index contributed by atoms with van der Waals surface area (Å²) < 4.78 is 5.60. The van der Waals surface area contributed by atoms with Crippen molar-refractivity contribution in [2.75, 3.05) is 18.5 Å². The van der Waals surface area contributed by atoms with Gasteiger partial charge < -0.3 is 10.1 Å². The second-order valence-electron chi connectivity index (χ2n) is 4.02. The van der Waals surface area contributed by atoms with Crippen molar-refractivity contribution in [2.45, 2.75) is 25.4 Å². The average molecular weight is 243 g/mol. The summed E-state index contributed by atoms with van der Waals surface area (Å²) >= 11 is 1.05. The highest BCUT2D eigenvalue weighted by Gasteiger charge is 2.29. The van der Waals surface area contributed by atoms with Gasteiger partial charge >= 0.3 is 5.00 Å². The first-order valence-electron chi connectivity index (χ1n) is 5.07. The van der Waals surface area contributed by atoms with Gasteiger partial charge in [-0.2, -0.15) is 0 Å². The summed E-state index contributed by atoms with van der Waals surface area (Å²) in [4.78, 5) is 14.0. The number of rotatable bonds is 4. The van der Waals surface area contributed by atoms with Crippen LogP contribution in [0.15, 0.2) is 6.20 Å². The SMILES string of the molecule is CC1(CNc2ncc([N+](=O)[O-])s2)CCCO1. The lowest BCUT2D eigenvalue weighted by Gasteiger charge is -2.22. The molecule has 1 aliphatic rings. The zero-order valence-corrected chi connectivity index (χ0v) is 9.75. The molecule has 1 fully saturated rings. The first kappa shape index (κ1) is 11.3. The lowest BCUT2D eigenvalue weighted by molar-refractivity contribution is -0.380. The van der Waals surface area contributed by atoms with Crippen LogP contribution in [0.25, 0.3) is 0 Å². The fourth-order valence-corrected chi connectivity index (χ4v) is 2.30. The van der Waals surface area contributed by atoms with Gasteiger partial charge in [-0.25, -0.2) is 4.98 Å². The Morgan fingerprint density at radius 3 is 3.19 bits per heavy atom. The predicted molar refractivity (Wildman–Crippen MR) is 60.8 cm³/mol. The molecule has 16 heavy (non-hydrogen) atoms. The maximum atomic E-state index is 10.5. The van der Waals surface area contributed by atoms with Crippen LogP contribution < -0.4 is 5.32 Å². The second-order valence-corrected chi connectivity index (χ2v) is 5.03. The van der Waals surface area contributed by atoms with Gasteiger partial charge in [0.05, 0.1) is 10.5 Å². The van der Waals surface area contributed by atoms with E-state index >= 15 is 0 Å². The van der Waals surface area contributed by atoms with E-state index in [9.17, 15) is 10.1 Å². The van der Waals surface area contributed by atoms with Crippen molar-refractivity contribution in [3.8, 4) is 0 Å². The third-order valence-electron chi connectivity index (χ3n) is 2.59. The van der Waals surface area contributed by atoms with Gasteiger partial charge in [-0.3, -0.25) is 10.1 Å². The molecular formula is C9H13N3O3S. The van der Waals surface area contributed by atoms with Gasteiger partial charge in [0.1, 0.15) is 6.20 Å². The van der Waals surface area contributed by atoms with Crippen molar-refractivity contribution in [1.82, 2.24) is 4.98 Å². The number of anilines is 1. The molecule has 1 aromatic heterocycles. The van der Waals surface area contributed by atoms with Crippen molar-refractivity contribution in [2.24, 2.45) is 0 Å². The van der Waals surface area contributed by atoms with Gasteiger partial charge in [-0.1, -0.05) is 0 Å². The molecule has 0 amide bonds. The summed E-state index contributed by atoms with van der Waals surface area (Å²) in [6, 6.07) is 0. The van der Waals surface area contributed by atoms with Crippen LogP contribution in [0.3, 0.4) is 0 Å². The lowest BCUT2D eigenvalue weighted by atomic mass is 10.0. The van der Waals surface area contributed by atoms with Gasteiger partial charge in [-0.15, -0.1) is 0 Å². The Hall–Kier alpha value is -1.21. The third-order valence-corrected chi connectivity index (χ3v) is 3.49. The molecule has 1 aliphatic heterocycles. The van der Waals surface area contributed by atoms with E-state index in [4.69, 9.17) is 4.74 Å². The maximum absolute atomic E-state index is 10.5. The van der Waals surface area contributed by atoms with E-state index in [2.05, 4.69) is 10.3 Å². The molecule has 0 bridgehead atoms. The minimum atomic E-state index is -0.434. The number of ether oxygens (including phenoxy) is 1. The van der Waals surface area contributed by atoms with E-state index < -0.39 is 4.92 Å². The fraction of sp³-hybridized carbons (Fsp3) is 0.667. The number of hydrogen-bond donors (Lipinski definition) is 1. The Bertz CT molecular complexity index is 387. The van der Waals surface area contributed by atoms with Gasteiger partial charge in [0.15, 0.2) is 5.13 Å². The molecule has 7 heteroatoms. The van der Waals surface area contributed by atoms with Gasteiger partial charge in [0.2, 0.25) is 0 Å². The van der Waals surface area contributed by atoms with Gasteiger partial charge in [-0.05, 0) is 31.1 Å². The summed E-state index contributed by atoms with van der Waals surface area (Å²) in [6.07, 6.45) is 3.34. The minimum absolute atomic E-state index is 0.0555. The Labute approximate surface area is 96.8 Å². The number of aromatic nitrogens is 1. The van der Waals surface area contributed by atoms with Crippen molar-refractivity contribution in [1.29, 1.82) is 0 Å². The molecule has 1 saturated heterocycles. The van der Waals surface area contributed by atoms with Crippen LogP contribution in [0, 0.1) is 10.1 Å². The molecule has 2 heterocycles. The van der Waals surface area contributed by atoms with Crippen molar-refractivity contribution >= 4 is 21.5 Å². The van der Waals surface area contributed by atoms with E-state index in [1.54, 1.807) is 0 Å². The molecule has 1 unspecified atom stereocenters. The maximum Gasteiger partial charge on any atom is 0.345 e. The van der Waals surface area contributed by atoms with Crippen LogP contribution in [-0.4, -0.2) is 28.7 Å². The highest BCUT2D eigenvalue weighted by Crippen LogP contribution is 2.28. The zero-order chi connectivity index (χ0) is 11.6. The van der Waals surface area contributed by atoms with E-state index in [-0.39, 0.29) is 10.6 Å². The third kappa shape index (κ3) is 2.48. The van der Waals surface area contributed by atoms with E-state index in [1.165, 1.54) is 6.20 Å². The van der Waals surface area contributed by atoms with Gasteiger partial charge in [0, 0.05) is 13.2 Å². The smallest absolute Gasteiger partial charge is 0.345 e. The number of thiazole rings is 1. The molecule has 1 atom stereocenters. The molecule has 88 valence electrons. The van der Waals surface area contributed by atoms with E-state index in [1.807, 2.05) is 6.92 Å². The van der Waals surface area contributed by atoms with Crippen LogP contribution >= 0.6 is 11.3 Å². The lowest BCUT2D eigenvalue weighted by Crippen LogP contribution is -2.32. The Kier molecular flexibility index (Phi) is 3.06. The Morgan fingerprint density at radius 2 is 2.62 bits per heavy atom. The first-order valence-corrected chi connectivity index (χ1v) is 5.89. The number of nitro groups is 1. The predicted octanol–water partition coefficient (Wildman–Crippen LogP) is 2.03. The molecule has 0 spiro atoms. The minimum Gasteiger partial charge on any atom is -0.373 e. The normalized spacial score (nSPS) is 24.6. The van der Waals surface area contributed by atoms with Crippen LogP contribution in [0.4, 0.5) is 10.1 Å². The topological polar surface area (TPSA) is 77.3 Å². The Balaban J connectivity index is 1.91. The number of hydrogen-bond acceptors (Lipinski definition) is 6. The first-order chi connectivity index (χ1) is 7.59. The van der Waals surface area contributed by atoms with Gasteiger partial charge in [0.25, 0.3) is 0 Å². The summed E-state index contributed by atoms with van der Waals surface area (Å²) in [5.41, 5.74) is -0.166. The largest absolute Gasteiger partial charge is 0.373 e. The molecule has 6 nitrogen and oxygen atoms in total. The monoisotopic (exact) mass is 243 g/mol. The molecule has 0 aliphatic carbocycles. The van der Waals surface area contributed by atoms with E-state index in [0.717, 1.165) is 30.8 Å². The second kappa shape index (κ2) is 4.34. The highest BCUT2D eigenvalue weighted by molar-refractivity contribution is 7.18. The molecule has 1 aromatic rings. The van der Waals surface area contributed by atoms with Crippen LogP contribution in [0.1, 0.15) is 19.8 Å². The summed E-state index contributed by atoms with van der Waals surface area (Å²) in [7, 11) is 0. The van der Waals surface area contributed by atoms with Crippen LogP contribution in [0.2, 0.25) is 0 Å². The quantitative estimate of drug-likeness (QED) is 0.646. The van der Waals surface area contributed by atoms with Crippen LogP contribution in [-0.2, 0) is 4.74 Å². The number of nitrogens with zero attached hydrogens (tertiary/aromatic N) is 2. The molecule has 0 aromatic carbocycles. The number of nitrogens with one attached hydrogen (secondary N) is 1. The van der Waals surface area contributed by atoms with Crippen molar-refractivity contribution in [3.05, 3.63) is 16.3 Å². The molecular weight excluding hydrogens is 230 g/mol. The highest BCUT2D eigenvalue weighted by atomic mass is 32.1. The van der Waals surface area contributed by atoms with Crippen LogP contribution in [0.5, 0.6) is 0 Å². The summed E-state index contributed by atoms with van der Waals surface area (Å²) in [5, 5.41) is 14.2. The zero-order valence-electron chi connectivity index (χ0n) is 8.93. The average Bonchev–Trinajstić information content (AvgIpc) is 2.84. The van der Waals surface area contributed by atoms with Crippen molar-refractivity contribution < 1.29 is 9.66 Å². The molecule has 2 rings (SSSR count). The summed E-state index contributed by atoms with van der Waals surface area (Å²) in [6.45, 7) is 3.46.